The normalized spacial score (nSPS) is 19.4. The van der Waals surface area contributed by atoms with E-state index in [2.05, 4.69) is 21.5 Å². The van der Waals surface area contributed by atoms with Crippen molar-refractivity contribution >= 4 is 6.09 Å². The molecule has 1 atom stereocenters. The first kappa shape index (κ1) is 9.52. The Kier molecular flexibility index (Phi) is 2.54. The molecule has 2 rings (SSSR count). The molecule has 0 aliphatic carbocycles. The van der Waals surface area contributed by atoms with Gasteiger partial charge in [-0.25, -0.2) is 9.48 Å². The van der Waals surface area contributed by atoms with Gasteiger partial charge in [0.15, 0.2) is 0 Å². The fraction of sp³-hybridized carbons (Fsp3) is 0.444. The minimum absolute atomic E-state index is 0.183. The van der Waals surface area contributed by atoms with Crippen LogP contribution in [-0.4, -0.2) is 33.7 Å². The summed E-state index contributed by atoms with van der Waals surface area (Å²) in [6, 6.07) is 0. The van der Waals surface area contributed by atoms with E-state index in [4.69, 9.17) is 11.2 Å². The van der Waals surface area contributed by atoms with Crippen molar-refractivity contribution in [2.45, 2.75) is 19.1 Å². The molecule has 1 aromatic rings. The van der Waals surface area contributed by atoms with Crippen LogP contribution in [0, 0.1) is 12.3 Å². The zero-order valence-electron chi connectivity index (χ0n) is 8.01. The molecule has 0 bridgehead atoms. The zero-order valence-corrected chi connectivity index (χ0v) is 8.01. The minimum atomic E-state index is -0.385. The van der Waals surface area contributed by atoms with Gasteiger partial charge in [0.1, 0.15) is 6.10 Å². The van der Waals surface area contributed by atoms with Gasteiger partial charge >= 0.3 is 6.09 Å². The highest BCUT2D eigenvalue weighted by Crippen LogP contribution is 2.03. The summed E-state index contributed by atoms with van der Waals surface area (Å²) >= 11 is 0. The summed E-state index contributed by atoms with van der Waals surface area (Å²) in [4.78, 5) is 10.7. The van der Waals surface area contributed by atoms with Crippen LogP contribution in [0.15, 0.2) is 6.20 Å². The number of nitrogens with one attached hydrogen (secondary N) is 1. The summed E-state index contributed by atoms with van der Waals surface area (Å²) in [6.45, 7) is 0.999. The summed E-state index contributed by atoms with van der Waals surface area (Å²) in [5.41, 5.74) is 0.745. The number of hydrogen-bond acceptors (Lipinski definition) is 4. The molecule has 0 spiro atoms. The monoisotopic (exact) mass is 206 g/mol. The molecule has 1 aliphatic rings. The number of carbonyl (C=O) groups is 1. The average Bonchev–Trinajstić information content (AvgIpc) is 2.78. The van der Waals surface area contributed by atoms with Crippen molar-refractivity contribution in [1.82, 2.24) is 20.3 Å². The fourth-order valence-corrected chi connectivity index (χ4v) is 1.36. The summed E-state index contributed by atoms with van der Waals surface area (Å²) in [7, 11) is 0. The smallest absolute Gasteiger partial charge is 0.407 e. The van der Waals surface area contributed by atoms with Gasteiger partial charge in [0.05, 0.1) is 25.2 Å². The second-order valence-corrected chi connectivity index (χ2v) is 3.22. The number of cyclic esters (lactones) is 1. The maximum absolute atomic E-state index is 10.7. The van der Waals surface area contributed by atoms with Crippen molar-refractivity contribution in [1.29, 1.82) is 0 Å². The van der Waals surface area contributed by atoms with Crippen LogP contribution < -0.4 is 5.32 Å². The van der Waals surface area contributed by atoms with Crippen LogP contribution in [0.4, 0.5) is 4.79 Å². The number of amides is 1. The van der Waals surface area contributed by atoms with E-state index in [-0.39, 0.29) is 12.2 Å². The lowest BCUT2D eigenvalue weighted by Crippen LogP contribution is -2.20. The van der Waals surface area contributed by atoms with Crippen LogP contribution >= 0.6 is 0 Å². The molecular weight excluding hydrogens is 196 g/mol. The maximum Gasteiger partial charge on any atom is 0.407 e. The molecule has 15 heavy (non-hydrogen) atoms. The van der Waals surface area contributed by atoms with E-state index < -0.39 is 0 Å². The first-order valence-corrected chi connectivity index (χ1v) is 4.55. The molecule has 0 radical (unpaired) electrons. The molecule has 6 nitrogen and oxygen atoms in total. The Morgan fingerprint density at radius 3 is 3.33 bits per heavy atom. The Morgan fingerprint density at radius 2 is 2.67 bits per heavy atom. The summed E-state index contributed by atoms with van der Waals surface area (Å²) in [5, 5.41) is 10.3. The van der Waals surface area contributed by atoms with Gasteiger partial charge in [-0.2, -0.15) is 0 Å². The predicted octanol–water partition coefficient (Wildman–Crippen LogP) is -0.438. The van der Waals surface area contributed by atoms with Gasteiger partial charge in [-0.1, -0.05) is 5.21 Å². The van der Waals surface area contributed by atoms with E-state index in [1.54, 1.807) is 10.9 Å². The lowest BCUT2D eigenvalue weighted by atomic mass is 10.3. The van der Waals surface area contributed by atoms with Gasteiger partial charge in [0.2, 0.25) is 0 Å². The number of terminal acetylenes is 1. The number of alkyl carbamates (subject to hydrolysis) is 1. The first-order chi connectivity index (χ1) is 7.28. The predicted molar refractivity (Wildman–Crippen MR) is 50.8 cm³/mol. The Labute approximate surface area is 86.6 Å². The Balaban J connectivity index is 1.93. The molecule has 1 saturated heterocycles. The third-order valence-electron chi connectivity index (χ3n) is 2.01. The third-order valence-corrected chi connectivity index (χ3v) is 2.01. The van der Waals surface area contributed by atoms with E-state index in [9.17, 15) is 4.79 Å². The van der Waals surface area contributed by atoms with Crippen LogP contribution in [0.5, 0.6) is 0 Å². The summed E-state index contributed by atoms with van der Waals surface area (Å²) < 4.78 is 6.58. The first-order valence-electron chi connectivity index (χ1n) is 4.55. The quantitative estimate of drug-likeness (QED) is 0.681. The molecule has 6 heteroatoms. The van der Waals surface area contributed by atoms with Gasteiger partial charge in [0, 0.05) is 6.20 Å². The van der Waals surface area contributed by atoms with Crippen LogP contribution in [0.3, 0.4) is 0 Å². The largest absolute Gasteiger partial charge is 0.442 e. The van der Waals surface area contributed by atoms with Gasteiger partial charge < -0.3 is 10.1 Å². The Morgan fingerprint density at radius 1 is 1.80 bits per heavy atom. The number of rotatable bonds is 3. The van der Waals surface area contributed by atoms with Crippen molar-refractivity contribution in [3.63, 3.8) is 0 Å². The van der Waals surface area contributed by atoms with Gasteiger partial charge in [0.25, 0.3) is 0 Å². The van der Waals surface area contributed by atoms with Crippen LogP contribution in [0.2, 0.25) is 0 Å². The molecule has 1 N–H and O–H groups in total. The topological polar surface area (TPSA) is 69.0 Å². The van der Waals surface area contributed by atoms with Crippen molar-refractivity contribution < 1.29 is 9.53 Å². The van der Waals surface area contributed by atoms with E-state index in [1.165, 1.54) is 0 Å². The highest BCUT2D eigenvalue weighted by molar-refractivity contribution is 5.69. The zero-order chi connectivity index (χ0) is 10.7. The van der Waals surface area contributed by atoms with E-state index in [0.29, 0.717) is 19.5 Å². The molecular formula is C9H10N4O2. The Hall–Kier alpha value is -2.03. The summed E-state index contributed by atoms with van der Waals surface area (Å²) in [6.07, 6.45) is 6.79. The van der Waals surface area contributed by atoms with Gasteiger partial charge in [-0.15, -0.1) is 17.4 Å². The van der Waals surface area contributed by atoms with Crippen molar-refractivity contribution in [3.8, 4) is 12.3 Å². The van der Waals surface area contributed by atoms with E-state index in [0.717, 1.165) is 5.69 Å². The standard InChI is InChI=1S/C9H10N4O2/c1-2-3-7-5-13(12-11-7)6-8-4-10-9(14)15-8/h1,5,8H,3-4,6H2,(H,10,14). The Bertz CT molecular complexity index is 406. The molecule has 78 valence electrons. The molecule has 1 unspecified atom stereocenters. The van der Waals surface area contributed by atoms with Crippen LogP contribution in [0.1, 0.15) is 5.69 Å². The molecule has 1 aromatic heterocycles. The lowest BCUT2D eigenvalue weighted by Gasteiger charge is -2.05. The SMILES string of the molecule is C#CCc1cn(CC2CNC(=O)O2)nn1. The van der Waals surface area contributed by atoms with Gasteiger partial charge in [-0.05, 0) is 0 Å². The molecule has 1 fully saturated rings. The summed E-state index contributed by atoms with van der Waals surface area (Å²) in [5.74, 6) is 2.48. The molecule has 0 aromatic carbocycles. The van der Waals surface area contributed by atoms with Gasteiger partial charge in [-0.3, -0.25) is 0 Å². The van der Waals surface area contributed by atoms with E-state index in [1.807, 2.05) is 0 Å². The third kappa shape index (κ3) is 2.26. The molecule has 1 aliphatic heterocycles. The highest BCUT2D eigenvalue weighted by Gasteiger charge is 2.23. The number of ether oxygens (including phenoxy) is 1. The van der Waals surface area contributed by atoms with E-state index >= 15 is 0 Å². The second kappa shape index (κ2) is 4.00. The number of nitrogens with zero attached hydrogens (tertiary/aromatic N) is 3. The lowest BCUT2D eigenvalue weighted by molar-refractivity contribution is 0.128. The number of hydrogen-bond donors (Lipinski definition) is 1. The average molecular weight is 206 g/mol. The van der Waals surface area contributed by atoms with Crippen molar-refractivity contribution in [2.75, 3.05) is 6.54 Å². The highest BCUT2D eigenvalue weighted by atomic mass is 16.6. The number of aromatic nitrogens is 3. The maximum atomic E-state index is 10.7. The second-order valence-electron chi connectivity index (χ2n) is 3.22. The minimum Gasteiger partial charge on any atom is -0.442 e. The molecule has 2 heterocycles. The fourth-order valence-electron chi connectivity index (χ4n) is 1.36. The van der Waals surface area contributed by atoms with Crippen molar-refractivity contribution in [2.24, 2.45) is 0 Å². The number of carbonyl (C=O) groups excluding carboxylic acids is 1. The van der Waals surface area contributed by atoms with Crippen LogP contribution in [0.25, 0.3) is 0 Å². The van der Waals surface area contributed by atoms with Crippen molar-refractivity contribution in [3.05, 3.63) is 11.9 Å². The molecule has 1 amide bonds. The molecule has 0 saturated carbocycles. The van der Waals surface area contributed by atoms with Crippen LogP contribution in [-0.2, 0) is 17.7 Å².